The second kappa shape index (κ2) is 3.95. The van der Waals surface area contributed by atoms with Crippen molar-refractivity contribution in [1.82, 2.24) is 9.97 Å². The average molecular weight is 191 g/mol. The monoisotopic (exact) mass is 191 g/mol. The molecule has 0 spiro atoms. The number of anilines is 1. The Morgan fingerprint density at radius 2 is 2.43 bits per heavy atom. The first-order valence-electron chi connectivity index (χ1n) is 5.41. The second-order valence-electron chi connectivity index (χ2n) is 3.97. The van der Waals surface area contributed by atoms with Gasteiger partial charge in [-0.2, -0.15) is 0 Å². The van der Waals surface area contributed by atoms with E-state index in [-0.39, 0.29) is 0 Å². The molecule has 1 heterocycles. The number of nitrogens with one attached hydrogen (secondary N) is 1. The van der Waals surface area contributed by atoms with Crippen LogP contribution in [0.1, 0.15) is 43.9 Å². The maximum absolute atomic E-state index is 4.55. The lowest BCUT2D eigenvalue weighted by atomic mass is 10.1. The van der Waals surface area contributed by atoms with Crippen LogP contribution in [-0.2, 0) is 6.42 Å². The summed E-state index contributed by atoms with van der Waals surface area (Å²) in [6.45, 7) is 5.33. The van der Waals surface area contributed by atoms with Crippen LogP contribution in [0.2, 0.25) is 0 Å². The minimum atomic E-state index is 0.607. The van der Waals surface area contributed by atoms with Gasteiger partial charge in [0.2, 0.25) is 5.95 Å². The van der Waals surface area contributed by atoms with Gasteiger partial charge in [0.05, 0.1) is 5.69 Å². The van der Waals surface area contributed by atoms with Crippen LogP contribution in [-0.4, -0.2) is 16.5 Å². The third kappa shape index (κ3) is 1.72. The Hall–Kier alpha value is -1.12. The van der Waals surface area contributed by atoms with Crippen molar-refractivity contribution in [2.45, 2.75) is 39.0 Å². The summed E-state index contributed by atoms with van der Waals surface area (Å²) in [6.07, 6.45) is 5.45. The predicted octanol–water partition coefficient (Wildman–Crippen LogP) is 2.35. The lowest BCUT2D eigenvalue weighted by Crippen LogP contribution is -2.06. The van der Waals surface area contributed by atoms with E-state index in [0.29, 0.717) is 5.92 Å². The van der Waals surface area contributed by atoms with E-state index < -0.39 is 0 Å². The molecule has 0 saturated heterocycles. The molecule has 1 atom stereocenters. The molecule has 1 aromatic heterocycles. The van der Waals surface area contributed by atoms with E-state index in [9.17, 15) is 0 Å². The normalized spacial score (nSPS) is 19.4. The van der Waals surface area contributed by atoms with Crippen LogP contribution >= 0.6 is 0 Å². The number of aromatic nitrogens is 2. The zero-order valence-electron chi connectivity index (χ0n) is 8.88. The highest BCUT2D eigenvalue weighted by atomic mass is 15.1. The van der Waals surface area contributed by atoms with Crippen LogP contribution in [0.5, 0.6) is 0 Å². The summed E-state index contributed by atoms with van der Waals surface area (Å²) in [5.41, 5.74) is 2.58. The lowest BCUT2D eigenvalue weighted by molar-refractivity contribution is 0.730. The molecule has 3 heteroatoms. The fraction of sp³-hybridized carbons (Fsp3) is 0.636. The van der Waals surface area contributed by atoms with E-state index in [1.54, 1.807) is 0 Å². The maximum Gasteiger partial charge on any atom is 0.222 e. The van der Waals surface area contributed by atoms with Crippen molar-refractivity contribution < 1.29 is 0 Å². The Morgan fingerprint density at radius 1 is 1.57 bits per heavy atom. The summed E-state index contributed by atoms with van der Waals surface area (Å²) in [5, 5.41) is 3.22. The van der Waals surface area contributed by atoms with Crippen LogP contribution in [0.15, 0.2) is 6.20 Å². The largest absolute Gasteiger partial charge is 0.354 e. The van der Waals surface area contributed by atoms with E-state index in [4.69, 9.17) is 0 Å². The van der Waals surface area contributed by atoms with Crippen molar-refractivity contribution >= 4 is 5.95 Å². The molecule has 0 fully saturated rings. The Balaban J connectivity index is 2.17. The van der Waals surface area contributed by atoms with E-state index >= 15 is 0 Å². The molecule has 0 bridgehead atoms. The molecule has 1 aliphatic rings. The first kappa shape index (κ1) is 9.44. The molecule has 0 radical (unpaired) electrons. The standard InChI is InChI=1S/C11H17N3/c1-3-6-12-11-13-7-9-5-4-8(2)10(9)14-11/h7-8H,3-6H2,1-2H3,(H,12,13,14). The van der Waals surface area contributed by atoms with Crippen molar-refractivity contribution in [3.8, 4) is 0 Å². The van der Waals surface area contributed by atoms with Gasteiger partial charge in [0.25, 0.3) is 0 Å². The molecule has 0 aromatic carbocycles. The Labute approximate surface area is 85.0 Å². The van der Waals surface area contributed by atoms with Crippen LogP contribution < -0.4 is 5.32 Å². The molecule has 1 N–H and O–H groups in total. The first-order valence-corrected chi connectivity index (χ1v) is 5.41. The van der Waals surface area contributed by atoms with Gasteiger partial charge in [-0.25, -0.2) is 9.97 Å². The summed E-state index contributed by atoms with van der Waals surface area (Å²) in [5.74, 6) is 1.40. The molecule has 1 unspecified atom stereocenters. The zero-order valence-corrected chi connectivity index (χ0v) is 8.88. The Kier molecular flexibility index (Phi) is 2.66. The number of hydrogen-bond donors (Lipinski definition) is 1. The quantitative estimate of drug-likeness (QED) is 0.797. The van der Waals surface area contributed by atoms with Crippen LogP contribution in [0.3, 0.4) is 0 Å². The molecule has 76 valence electrons. The van der Waals surface area contributed by atoms with Crippen molar-refractivity contribution in [2.75, 3.05) is 11.9 Å². The highest BCUT2D eigenvalue weighted by molar-refractivity contribution is 5.34. The second-order valence-corrected chi connectivity index (χ2v) is 3.97. The summed E-state index contributed by atoms with van der Waals surface area (Å²) in [7, 11) is 0. The number of nitrogens with zero attached hydrogens (tertiary/aromatic N) is 2. The van der Waals surface area contributed by atoms with Gasteiger partial charge < -0.3 is 5.32 Å². The van der Waals surface area contributed by atoms with Gasteiger partial charge in [-0.05, 0) is 30.7 Å². The fourth-order valence-electron chi connectivity index (χ4n) is 1.87. The van der Waals surface area contributed by atoms with E-state index in [1.165, 1.54) is 17.7 Å². The number of fused-ring (bicyclic) bond motifs is 1. The molecular weight excluding hydrogens is 174 g/mol. The average Bonchev–Trinajstić information content (AvgIpc) is 2.57. The summed E-state index contributed by atoms with van der Waals surface area (Å²) >= 11 is 0. The van der Waals surface area contributed by atoms with Gasteiger partial charge in [-0.1, -0.05) is 13.8 Å². The number of rotatable bonds is 3. The smallest absolute Gasteiger partial charge is 0.222 e. The summed E-state index contributed by atoms with van der Waals surface area (Å²) in [6, 6.07) is 0. The molecule has 0 amide bonds. The third-order valence-electron chi connectivity index (χ3n) is 2.74. The van der Waals surface area contributed by atoms with E-state index in [1.807, 2.05) is 6.20 Å². The highest BCUT2D eigenvalue weighted by Gasteiger charge is 2.20. The van der Waals surface area contributed by atoms with E-state index in [2.05, 4.69) is 29.1 Å². The van der Waals surface area contributed by atoms with Gasteiger partial charge in [-0.3, -0.25) is 0 Å². The zero-order chi connectivity index (χ0) is 9.97. The van der Waals surface area contributed by atoms with Crippen LogP contribution in [0.25, 0.3) is 0 Å². The fourth-order valence-corrected chi connectivity index (χ4v) is 1.87. The highest BCUT2D eigenvalue weighted by Crippen LogP contribution is 2.30. The molecule has 3 nitrogen and oxygen atoms in total. The maximum atomic E-state index is 4.55. The molecule has 2 rings (SSSR count). The first-order chi connectivity index (χ1) is 6.81. The molecule has 0 aliphatic heterocycles. The summed E-state index contributed by atoms with van der Waals surface area (Å²) in [4.78, 5) is 8.85. The Morgan fingerprint density at radius 3 is 3.21 bits per heavy atom. The topological polar surface area (TPSA) is 37.8 Å². The van der Waals surface area contributed by atoms with Crippen molar-refractivity contribution in [2.24, 2.45) is 0 Å². The molecule has 1 aromatic rings. The van der Waals surface area contributed by atoms with Crippen molar-refractivity contribution in [3.63, 3.8) is 0 Å². The summed E-state index contributed by atoms with van der Waals surface area (Å²) < 4.78 is 0. The van der Waals surface area contributed by atoms with Crippen molar-refractivity contribution in [1.29, 1.82) is 0 Å². The van der Waals surface area contributed by atoms with Gasteiger partial charge >= 0.3 is 0 Å². The number of aryl methyl sites for hydroxylation is 1. The molecular formula is C11H17N3. The van der Waals surface area contributed by atoms with Gasteiger partial charge in [0, 0.05) is 12.7 Å². The van der Waals surface area contributed by atoms with Gasteiger partial charge in [0.1, 0.15) is 0 Å². The Bertz CT molecular complexity index is 322. The molecule has 1 aliphatic carbocycles. The lowest BCUT2D eigenvalue weighted by Gasteiger charge is -2.06. The minimum absolute atomic E-state index is 0.607. The third-order valence-corrected chi connectivity index (χ3v) is 2.74. The van der Waals surface area contributed by atoms with Crippen molar-refractivity contribution in [3.05, 3.63) is 17.5 Å². The van der Waals surface area contributed by atoms with Crippen LogP contribution in [0, 0.1) is 0 Å². The molecule has 14 heavy (non-hydrogen) atoms. The minimum Gasteiger partial charge on any atom is -0.354 e. The predicted molar refractivity (Wildman–Crippen MR) is 57.5 cm³/mol. The number of hydrogen-bond acceptors (Lipinski definition) is 3. The van der Waals surface area contributed by atoms with Gasteiger partial charge in [0.15, 0.2) is 0 Å². The van der Waals surface area contributed by atoms with E-state index in [0.717, 1.165) is 25.3 Å². The van der Waals surface area contributed by atoms with Crippen LogP contribution in [0.4, 0.5) is 5.95 Å². The van der Waals surface area contributed by atoms with Gasteiger partial charge in [-0.15, -0.1) is 0 Å². The molecule has 0 saturated carbocycles. The SMILES string of the molecule is CCCNc1ncc2c(n1)C(C)CC2.